The van der Waals surface area contributed by atoms with Crippen molar-refractivity contribution < 1.29 is 33.0 Å². The van der Waals surface area contributed by atoms with Crippen LogP contribution >= 0.6 is 7.52 Å². The van der Waals surface area contributed by atoms with Crippen molar-refractivity contribution >= 4 is 19.4 Å². The minimum Gasteiger partial charge on any atom is -0.438 e. The van der Waals surface area contributed by atoms with Crippen LogP contribution in [0.4, 0.5) is 4.39 Å². The number of carbonyl (C=O) groups excluding carboxylic acids is 2. The van der Waals surface area contributed by atoms with E-state index in [0.717, 1.165) is 0 Å². The highest BCUT2D eigenvalue weighted by molar-refractivity contribution is 7.58. The molecule has 1 amide bonds. The highest BCUT2D eigenvalue weighted by Gasteiger charge is 2.44. The average Bonchev–Trinajstić information content (AvgIpc) is 2.62. The van der Waals surface area contributed by atoms with Gasteiger partial charge in [-0.25, -0.2) is 14.5 Å². The fraction of sp³-hybridized carbons (Fsp3) is 0.556. The number of hydrogen-bond donors (Lipinski definition) is 2. The van der Waals surface area contributed by atoms with Gasteiger partial charge in [-0.05, 0) is 51.3 Å². The standard InChI is InChI=1S/C18H26FN2O6P/c1-18(2,3)17(23)26-12-27-28(25,15-5-4-10-21(24)16(15)22)20-11-13-6-8-14(19)9-7-13/h6-9,15,24H,4-5,10-12H2,1-3H3,(H,20,25). The van der Waals surface area contributed by atoms with Gasteiger partial charge in [0.25, 0.3) is 13.4 Å². The molecule has 0 radical (unpaired) electrons. The van der Waals surface area contributed by atoms with Crippen molar-refractivity contribution in [1.29, 1.82) is 0 Å². The number of piperidine rings is 1. The van der Waals surface area contributed by atoms with Crippen molar-refractivity contribution in [2.75, 3.05) is 13.3 Å². The summed E-state index contributed by atoms with van der Waals surface area (Å²) < 4.78 is 36.9. The first-order chi connectivity index (χ1) is 13.0. The van der Waals surface area contributed by atoms with Crippen LogP contribution in [0.3, 0.4) is 0 Å². The highest BCUT2D eigenvalue weighted by atomic mass is 31.2. The zero-order valence-corrected chi connectivity index (χ0v) is 17.1. The zero-order chi connectivity index (χ0) is 20.9. The van der Waals surface area contributed by atoms with Crippen molar-refractivity contribution in [3.63, 3.8) is 0 Å². The Morgan fingerprint density at radius 2 is 2.00 bits per heavy atom. The summed E-state index contributed by atoms with van der Waals surface area (Å²) in [6, 6.07) is 5.53. The molecule has 1 aromatic carbocycles. The molecule has 0 aliphatic carbocycles. The van der Waals surface area contributed by atoms with Crippen molar-refractivity contribution in [2.24, 2.45) is 5.41 Å². The maximum atomic E-state index is 13.4. The molecule has 2 unspecified atom stereocenters. The lowest BCUT2D eigenvalue weighted by molar-refractivity contribution is -0.169. The molecule has 2 rings (SSSR count). The molecule has 1 heterocycles. The van der Waals surface area contributed by atoms with Gasteiger partial charge in [-0.3, -0.25) is 23.9 Å². The van der Waals surface area contributed by atoms with Crippen molar-refractivity contribution in [2.45, 2.75) is 45.8 Å². The van der Waals surface area contributed by atoms with Gasteiger partial charge in [0.15, 0.2) is 6.79 Å². The summed E-state index contributed by atoms with van der Waals surface area (Å²) in [4.78, 5) is 24.2. The van der Waals surface area contributed by atoms with E-state index in [1.165, 1.54) is 24.3 Å². The number of benzene rings is 1. The lowest BCUT2D eigenvalue weighted by Crippen LogP contribution is -2.44. The molecule has 1 aliphatic rings. The van der Waals surface area contributed by atoms with Crippen LogP contribution in [0.1, 0.15) is 39.2 Å². The van der Waals surface area contributed by atoms with E-state index in [1.807, 2.05) is 0 Å². The number of ether oxygens (including phenoxy) is 1. The Balaban J connectivity index is 2.12. The molecule has 0 bridgehead atoms. The van der Waals surface area contributed by atoms with Gasteiger partial charge in [-0.2, -0.15) is 0 Å². The van der Waals surface area contributed by atoms with Crippen LogP contribution in [-0.2, 0) is 30.0 Å². The lowest BCUT2D eigenvalue weighted by Gasteiger charge is -2.32. The first kappa shape index (κ1) is 22.5. The van der Waals surface area contributed by atoms with E-state index in [-0.39, 0.29) is 19.5 Å². The molecule has 0 saturated carbocycles. The Morgan fingerprint density at radius 1 is 1.36 bits per heavy atom. The van der Waals surface area contributed by atoms with Crippen LogP contribution in [-0.4, -0.2) is 41.1 Å². The number of carbonyl (C=O) groups is 2. The molecule has 0 spiro atoms. The van der Waals surface area contributed by atoms with Gasteiger partial charge < -0.3 is 4.74 Å². The van der Waals surface area contributed by atoms with E-state index >= 15 is 0 Å². The summed E-state index contributed by atoms with van der Waals surface area (Å²) in [7, 11) is -3.85. The van der Waals surface area contributed by atoms with E-state index in [9.17, 15) is 23.8 Å². The number of nitrogens with zero attached hydrogens (tertiary/aromatic N) is 1. The summed E-state index contributed by atoms with van der Waals surface area (Å²) in [5, 5.41) is 12.9. The number of halogens is 1. The molecule has 2 atom stereocenters. The number of nitrogens with one attached hydrogen (secondary N) is 1. The Bertz CT molecular complexity index is 749. The quantitative estimate of drug-likeness (QED) is 0.305. The molecule has 1 aliphatic heterocycles. The largest absolute Gasteiger partial charge is 0.438 e. The Kier molecular flexibility index (Phi) is 7.33. The predicted octanol–water partition coefficient (Wildman–Crippen LogP) is 3.05. The Morgan fingerprint density at radius 3 is 2.61 bits per heavy atom. The zero-order valence-electron chi connectivity index (χ0n) is 16.2. The Hall–Kier alpha value is -1.80. The van der Waals surface area contributed by atoms with Crippen LogP contribution in [0.2, 0.25) is 0 Å². The van der Waals surface area contributed by atoms with E-state index in [1.54, 1.807) is 20.8 Å². The SMILES string of the molecule is CC(C)(C)C(=O)OCOP(=O)(NCc1ccc(F)cc1)C1CCCN(O)C1=O. The van der Waals surface area contributed by atoms with Crippen LogP contribution in [0.5, 0.6) is 0 Å². The van der Waals surface area contributed by atoms with E-state index in [4.69, 9.17) is 9.26 Å². The molecule has 1 saturated heterocycles. The number of hydroxylamine groups is 2. The van der Waals surface area contributed by atoms with Crippen LogP contribution in [0.25, 0.3) is 0 Å². The summed E-state index contributed by atoms with van der Waals surface area (Å²) >= 11 is 0. The minimum absolute atomic E-state index is 0.0417. The van der Waals surface area contributed by atoms with Gasteiger partial charge in [-0.15, -0.1) is 0 Å². The minimum atomic E-state index is -3.85. The fourth-order valence-electron chi connectivity index (χ4n) is 2.58. The predicted molar refractivity (Wildman–Crippen MR) is 98.9 cm³/mol. The second-order valence-electron chi connectivity index (χ2n) is 7.61. The van der Waals surface area contributed by atoms with E-state index in [2.05, 4.69) is 5.09 Å². The third-order valence-electron chi connectivity index (χ3n) is 4.26. The van der Waals surface area contributed by atoms with Gasteiger partial charge in [-0.1, -0.05) is 12.1 Å². The van der Waals surface area contributed by atoms with Crippen molar-refractivity contribution in [1.82, 2.24) is 10.2 Å². The lowest BCUT2D eigenvalue weighted by atomic mass is 9.98. The highest BCUT2D eigenvalue weighted by Crippen LogP contribution is 2.51. The first-order valence-electron chi connectivity index (χ1n) is 8.94. The molecule has 0 aromatic heterocycles. The average molecular weight is 416 g/mol. The fourth-order valence-corrected chi connectivity index (χ4v) is 4.63. The molecular weight excluding hydrogens is 390 g/mol. The molecule has 8 nitrogen and oxygen atoms in total. The van der Waals surface area contributed by atoms with Crippen molar-refractivity contribution in [3.05, 3.63) is 35.6 Å². The summed E-state index contributed by atoms with van der Waals surface area (Å²) in [6.07, 6.45) is 0.692. The molecule has 28 heavy (non-hydrogen) atoms. The normalized spacial score (nSPS) is 20.0. The maximum Gasteiger partial charge on any atom is 0.313 e. The van der Waals surface area contributed by atoms with Crippen molar-refractivity contribution in [3.8, 4) is 0 Å². The Labute approximate surface area is 163 Å². The van der Waals surface area contributed by atoms with Gasteiger partial charge in [0.2, 0.25) is 0 Å². The van der Waals surface area contributed by atoms with Gasteiger partial charge in [0.1, 0.15) is 11.5 Å². The van der Waals surface area contributed by atoms with Gasteiger partial charge in [0.05, 0.1) is 5.41 Å². The monoisotopic (exact) mass is 416 g/mol. The maximum absolute atomic E-state index is 13.4. The molecule has 2 N–H and O–H groups in total. The molecule has 156 valence electrons. The molecule has 1 fully saturated rings. The molecule has 10 heteroatoms. The summed E-state index contributed by atoms with van der Waals surface area (Å²) in [5.41, 5.74) is -1.25. The van der Waals surface area contributed by atoms with Crippen LogP contribution in [0, 0.1) is 11.2 Å². The molecular formula is C18H26FN2O6P. The van der Waals surface area contributed by atoms with Crippen LogP contribution in [0.15, 0.2) is 24.3 Å². The first-order valence-corrected chi connectivity index (χ1v) is 10.6. The molecule has 1 aromatic rings. The number of hydrogen-bond acceptors (Lipinski definition) is 6. The summed E-state index contributed by atoms with van der Waals surface area (Å²) in [5.74, 6) is -1.67. The number of esters is 1. The van der Waals surface area contributed by atoms with Gasteiger partial charge in [0, 0.05) is 13.1 Å². The van der Waals surface area contributed by atoms with Crippen LogP contribution < -0.4 is 5.09 Å². The number of rotatable bonds is 7. The smallest absolute Gasteiger partial charge is 0.313 e. The second-order valence-corrected chi connectivity index (χ2v) is 10.00. The number of amides is 1. The van der Waals surface area contributed by atoms with Gasteiger partial charge >= 0.3 is 5.97 Å². The summed E-state index contributed by atoms with van der Waals surface area (Å²) in [6.45, 7) is 4.58. The van der Waals surface area contributed by atoms with E-state index < -0.39 is 43.1 Å². The third kappa shape index (κ3) is 5.85. The third-order valence-corrected chi connectivity index (χ3v) is 6.65. The van der Waals surface area contributed by atoms with E-state index in [0.29, 0.717) is 17.0 Å². The topological polar surface area (TPSA) is 105 Å². The second kappa shape index (κ2) is 9.13.